The lowest BCUT2D eigenvalue weighted by Gasteiger charge is -2.28. The topological polar surface area (TPSA) is 52.6 Å². The molecule has 0 aromatic carbocycles. The Morgan fingerprint density at radius 3 is 2.86 bits per heavy atom. The van der Waals surface area contributed by atoms with Crippen LogP contribution in [0.2, 0.25) is 0 Å². The fourth-order valence-corrected chi connectivity index (χ4v) is 2.42. The molecule has 1 heterocycles. The number of rotatable bonds is 4. The Morgan fingerprint density at radius 1 is 1.71 bits per heavy atom. The Bertz CT molecular complexity index is 193. The first-order valence-electron chi connectivity index (χ1n) is 4.89. The fraction of sp³-hybridized carbons (Fsp3) is 0.889. The number of amides is 1. The number of carbonyl (C=O) groups is 1. The number of thioether (sulfide) groups is 1. The van der Waals surface area contributed by atoms with Crippen molar-refractivity contribution in [2.45, 2.75) is 25.9 Å². The summed E-state index contributed by atoms with van der Waals surface area (Å²) in [6.07, 6.45) is 0. The highest BCUT2D eigenvalue weighted by atomic mass is 32.2. The lowest BCUT2D eigenvalue weighted by molar-refractivity contribution is -0.134. The molecule has 82 valence electrons. The van der Waals surface area contributed by atoms with E-state index in [9.17, 15) is 4.79 Å². The van der Waals surface area contributed by atoms with Crippen molar-refractivity contribution in [2.24, 2.45) is 0 Å². The summed E-state index contributed by atoms with van der Waals surface area (Å²) in [6.45, 7) is 4.40. The maximum atomic E-state index is 11.9. The Morgan fingerprint density at radius 2 is 2.43 bits per heavy atom. The smallest absolute Gasteiger partial charge is 0.240 e. The first-order chi connectivity index (χ1) is 6.66. The average Bonchev–Trinajstić information content (AvgIpc) is 2.65. The second-order valence-corrected chi connectivity index (χ2v) is 4.65. The monoisotopic (exact) mass is 218 g/mol. The van der Waals surface area contributed by atoms with Gasteiger partial charge in [-0.15, -0.1) is 11.8 Å². The van der Waals surface area contributed by atoms with Crippen LogP contribution in [0.15, 0.2) is 0 Å². The van der Waals surface area contributed by atoms with E-state index in [0.29, 0.717) is 6.54 Å². The zero-order valence-electron chi connectivity index (χ0n) is 8.69. The third kappa shape index (κ3) is 2.87. The first kappa shape index (κ1) is 11.8. The van der Waals surface area contributed by atoms with Crippen molar-refractivity contribution in [3.63, 3.8) is 0 Å². The minimum Gasteiger partial charge on any atom is -0.395 e. The highest BCUT2D eigenvalue weighted by Gasteiger charge is 2.28. The molecule has 0 aromatic rings. The Labute approximate surface area is 89.0 Å². The normalized spacial score (nSPS) is 21.6. The molecule has 1 aliphatic rings. The van der Waals surface area contributed by atoms with E-state index in [1.807, 2.05) is 13.8 Å². The molecule has 1 rings (SSSR count). The van der Waals surface area contributed by atoms with Crippen molar-refractivity contribution in [2.75, 3.05) is 24.8 Å². The van der Waals surface area contributed by atoms with Gasteiger partial charge in [-0.1, -0.05) is 0 Å². The van der Waals surface area contributed by atoms with Crippen LogP contribution in [-0.2, 0) is 4.79 Å². The lowest BCUT2D eigenvalue weighted by Crippen LogP contribution is -2.48. The van der Waals surface area contributed by atoms with Crippen molar-refractivity contribution >= 4 is 17.7 Å². The van der Waals surface area contributed by atoms with Crippen LogP contribution < -0.4 is 5.32 Å². The number of hydrogen-bond acceptors (Lipinski definition) is 4. The van der Waals surface area contributed by atoms with Gasteiger partial charge in [0, 0.05) is 24.2 Å². The van der Waals surface area contributed by atoms with Gasteiger partial charge in [-0.2, -0.15) is 0 Å². The van der Waals surface area contributed by atoms with Crippen LogP contribution in [-0.4, -0.2) is 52.8 Å². The Balaban J connectivity index is 2.53. The number of nitrogens with one attached hydrogen (secondary N) is 1. The Kier molecular flexibility index (Phi) is 4.71. The van der Waals surface area contributed by atoms with E-state index in [1.165, 1.54) is 0 Å². The molecule has 0 aromatic heterocycles. The van der Waals surface area contributed by atoms with Gasteiger partial charge in [-0.05, 0) is 13.8 Å². The van der Waals surface area contributed by atoms with Crippen LogP contribution in [0.25, 0.3) is 0 Å². The van der Waals surface area contributed by atoms with Crippen molar-refractivity contribution in [1.29, 1.82) is 0 Å². The van der Waals surface area contributed by atoms with Crippen LogP contribution in [0.1, 0.15) is 13.8 Å². The first-order valence-corrected chi connectivity index (χ1v) is 6.04. The van der Waals surface area contributed by atoms with Gasteiger partial charge in [0.2, 0.25) is 5.91 Å². The minimum atomic E-state index is -0.0612. The number of aliphatic hydroxyl groups is 1. The number of nitrogens with zero attached hydrogens (tertiary/aromatic N) is 1. The molecule has 5 heteroatoms. The van der Waals surface area contributed by atoms with Gasteiger partial charge in [-0.25, -0.2) is 0 Å². The minimum absolute atomic E-state index is 0.0315. The summed E-state index contributed by atoms with van der Waals surface area (Å²) < 4.78 is 0. The Hall–Kier alpha value is -0.260. The third-order valence-electron chi connectivity index (χ3n) is 2.26. The van der Waals surface area contributed by atoms with Crippen LogP contribution >= 0.6 is 11.8 Å². The summed E-state index contributed by atoms with van der Waals surface area (Å²) in [4.78, 5) is 13.6. The molecule has 1 atom stereocenters. The molecule has 0 saturated carbocycles. The molecule has 0 radical (unpaired) electrons. The SMILES string of the molecule is CC(C)N(CCO)C(=O)C1CSCN1. The molecule has 1 fully saturated rings. The largest absolute Gasteiger partial charge is 0.395 e. The van der Waals surface area contributed by atoms with E-state index < -0.39 is 0 Å². The second-order valence-electron chi connectivity index (χ2n) is 3.62. The van der Waals surface area contributed by atoms with Crippen molar-refractivity contribution in [3.05, 3.63) is 0 Å². The van der Waals surface area contributed by atoms with E-state index >= 15 is 0 Å². The number of carbonyl (C=O) groups excluding carboxylic acids is 1. The van der Waals surface area contributed by atoms with Gasteiger partial charge in [-0.3, -0.25) is 10.1 Å². The molecule has 0 aliphatic carbocycles. The van der Waals surface area contributed by atoms with E-state index in [0.717, 1.165) is 11.6 Å². The van der Waals surface area contributed by atoms with Crippen LogP contribution in [0, 0.1) is 0 Å². The zero-order chi connectivity index (χ0) is 10.6. The predicted octanol–water partition coefficient (Wildman–Crippen LogP) is -0.122. The van der Waals surface area contributed by atoms with Gasteiger partial charge in [0.15, 0.2) is 0 Å². The van der Waals surface area contributed by atoms with Crippen LogP contribution in [0.3, 0.4) is 0 Å². The molecule has 0 spiro atoms. The highest BCUT2D eigenvalue weighted by Crippen LogP contribution is 2.13. The van der Waals surface area contributed by atoms with E-state index in [1.54, 1.807) is 16.7 Å². The average molecular weight is 218 g/mol. The van der Waals surface area contributed by atoms with Gasteiger partial charge < -0.3 is 10.0 Å². The standard InChI is InChI=1S/C9H18N2O2S/c1-7(2)11(3-4-12)9(13)8-5-14-6-10-8/h7-8,10,12H,3-6H2,1-2H3. The summed E-state index contributed by atoms with van der Waals surface area (Å²) in [5.74, 6) is 1.80. The summed E-state index contributed by atoms with van der Waals surface area (Å²) in [7, 11) is 0. The van der Waals surface area contributed by atoms with Crippen LogP contribution in [0.4, 0.5) is 0 Å². The molecule has 1 unspecified atom stereocenters. The molecular formula is C9H18N2O2S. The summed E-state index contributed by atoms with van der Waals surface area (Å²) in [5.41, 5.74) is 0. The lowest BCUT2D eigenvalue weighted by atomic mass is 10.2. The maximum Gasteiger partial charge on any atom is 0.240 e. The molecule has 14 heavy (non-hydrogen) atoms. The van der Waals surface area contributed by atoms with E-state index in [2.05, 4.69) is 5.32 Å². The third-order valence-corrected chi connectivity index (χ3v) is 3.20. The van der Waals surface area contributed by atoms with E-state index in [-0.39, 0.29) is 24.6 Å². The molecule has 1 amide bonds. The fourth-order valence-electron chi connectivity index (χ4n) is 1.48. The molecule has 0 bridgehead atoms. The zero-order valence-corrected chi connectivity index (χ0v) is 9.51. The van der Waals surface area contributed by atoms with Gasteiger partial charge in [0.25, 0.3) is 0 Å². The summed E-state index contributed by atoms with van der Waals surface area (Å²) in [5, 5.41) is 12.0. The van der Waals surface area contributed by atoms with Crippen LogP contribution in [0.5, 0.6) is 0 Å². The molecular weight excluding hydrogens is 200 g/mol. The predicted molar refractivity (Wildman–Crippen MR) is 58.2 cm³/mol. The quantitative estimate of drug-likeness (QED) is 0.690. The van der Waals surface area contributed by atoms with Gasteiger partial charge in [0.1, 0.15) is 0 Å². The maximum absolute atomic E-state index is 11.9. The van der Waals surface area contributed by atoms with Crippen molar-refractivity contribution in [1.82, 2.24) is 10.2 Å². The second kappa shape index (κ2) is 5.58. The summed E-state index contributed by atoms with van der Waals surface area (Å²) in [6, 6.07) is 0.0935. The van der Waals surface area contributed by atoms with Crippen molar-refractivity contribution in [3.8, 4) is 0 Å². The van der Waals surface area contributed by atoms with Crippen molar-refractivity contribution < 1.29 is 9.90 Å². The van der Waals surface area contributed by atoms with Gasteiger partial charge in [0.05, 0.1) is 12.6 Å². The highest BCUT2D eigenvalue weighted by molar-refractivity contribution is 7.99. The summed E-state index contributed by atoms with van der Waals surface area (Å²) >= 11 is 1.74. The molecule has 1 aliphatic heterocycles. The molecule has 2 N–H and O–H groups in total. The molecule has 4 nitrogen and oxygen atoms in total. The van der Waals surface area contributed by atoms with E-state index in [4.69, 9.17) is 5.11 Å². The molecule has 1 saturated heterocycles. The number of hydrogen-bond donors (Lipinski definition) is 2. The number of aliphatic hydroxyl groups excluding tert-OH is 1. The van der Waals surface area contributed by atoms with Gasteiger partial charge >= 0.3 is 0 Å².